The summed E-state index contributed by atoms with van der Waals surface area (Å²) in [5.74, 6) is 0.707. The zero-order valence-electron chi connectivity index (χ0n) is 12.1. The number of piperazine rings is 1. The van der Waals surface area contributed by atoms with Crippen molar-refractivity contribution in [2.45, 2.75) is 13.8 Å². The van der Waals surface area contributed by atoms with E-state index in [2.05, 4.69) is 34.7 Å². The van der Waals surface area contributed by atoms with Crippen molar-refractivity contribution in [1.29, 1.82) is 0 Å². The van der Waals surface area contributed by atoms with Crippen LogP contribution in [-0.2, 0) is 0 Å². The lowest BCUT2D eigenvalue weighted by molar-refractivity contribution is 0.0625. The summed E-state index contributed by atoms with van der Waals surface area (Å²) in [6.45, 7) is 8.99. The SMILES string of the molecule is CC(C)CN1CCN(C(=O)c2ccc(Br)cc2N)CC1. The first-order valence-electron chi connectivity index (χ1n) is 7.04. The van der Waals surface area contributed by atoms with Gasteiger partial charge in [-0.2, -0.15) is 0 Å². The second-order valence-electron chi connectivity index (χ2n) is 5.72. The second kappa shape index (κ2) is 6.59. The molecule has 1 aromatic rings. The summed E-state index contributed by atoms with van der Waals surface area (Å²) in [5, 5.41) is 0. The Bertz CT molecular complexity index is 482. The molecule has 1 fully saturated rings. The fourth-order valence-electron chi connectivity index (χ4n) is 2.55. The van der Waals surface area contributed by atoms with Crippen LogP contribution in [0.25, 0.3) is 0 Å². The molecule has 1 amide bonds. The number of hydrogen-bond donors (Lipinski definition) is 1. The van der Waals surface area contributed by atoms with Crippen LogP contribution in [-0.4, -0.2) is 48.4 Å². The third-order valence-electron chi connectivity index (χ3n) is 3.53. The lowest BCUT2D eigenvalue weighted by atomic mass is 10.1. The van der Waals surface area contributed by atoms with Crippen molar-refractivity contribution in [2.75, 3.05) is 38.5 Å². The standard InChI is InChI=1S/C15H22BrN3O/c1-11(2)10-18-5-7-19(8-6-18)15(20)13-4-3-12(16)9-14(13)17/h3-4,9,11H,5-8,10,17H2,1-2H3. The summed E-state index contributed by atoms with van der Waals surface area (Å²) in [4.78, 5) is 16.8. The van der Waals surface area contributed by atoms with E-state index in [0.717, 1.165) is 37.2 Å². The van der Waals surface area contributed by atoms with E-state index >= 15 is 0 Å². The molecule has 4 nitrogen and oxygen atoms in total. The van der Waals surface area contributed by atoms with E-state index in [9.17, 15) is 4.79 Å². The van der Waals surface area contributed by atoms with Crippen LogP contribution in [0.15, 0.2) is 22.7 Å². The van der Waals surface area contributed by atoms with Crippen molar-refractivity contribution in [2.24, 2.45) is 5.92 Å². The molecule has 1 aromatic carbocycles. The molecule has 1 aliphatic heterocycles. The van der Waals surface area contributed by atoms with Gasteiger partial charge in [0.25, 0.3) is 5.91 Å². The topological polar surface area (TPSA) is 49.6 Å². The number of amides is 1. The quantitative estimate of drug-likeness (QED) is 0.860. The van der Waals surface area contributed by atoms with E-state index < -0.39 is 0 Å². The molecule has 0 aromatic heterocycles. The number of benzene rings is 1. The zero-order valence-corrected chi connectivity index (χ0v) is 13.7. The number of carbonyl (C=O) groups is 1. The van der Waals surface area contributed by atoms with Crippen LogP contribution in [0, 0.1) is 5.92 Å². The largest absolute Gasteiger partial charge is 0.398 e. The van der Waals surface area contributed by atoms with Crippen LogP contribution in [0.3, 0.4) is 0 Å². The highest BCUT2D eigenvalue weighted by atomic mass is 79.9. The van der Waals surface area contributed by atoms with Crippen molar-refractivity contribution in [3.8, 4) is 0 Å². The van der Waals surface area contributed by atoms with Crippen molar-refractivity contribution < 1.29 is 4.79 Å². The van der Waals surface area contributed by atoms with Gasteiger partial charge in [0.05, 0.1) is 5.56 Å². The maximum absolute atomic E-state index is 12.5. The molecule has 2 N–H and O–H groups in total. The Kier molecular flexibility index (Phi) is 5.05. The van der Waals surface area contributed by atoms with Gasteiger partial charge in [0, 0.05) is 42.9 Å². The van der Waals surface area contributed by atoms with Gasteiger partial charge in [-0.15, -0.1) is 0 Å². The Balaban J connectivity index is 1.98. The molecule has 1 saturated heterocycles. The number of carbonyl (C=O) groups excluding carboxylic acids is 1. The predicted octanol–water partition coefficient (Wildman–Crippen LogP) is 2.45. The van der Waals surface area contributed by atoms with Crippen molar-refractivity contribution >= 4 is 27.5 Å². The molecule has 5 heteroatoms. The second-order valence-corrected chi connectivity index (χ2v) is 6.63. The fourth-order valence-corrected chi connectivity index (χ4v) is 2.93. The average molecular weight is 340 g/mol. The molecule has 0 radical (unpaired) electrons. The Labute approximate surface area is 129 Å². The zero-order chi connectivity index (χ0) is 14.7. The highest BCUT2D eigenvalue weighted by Gasteiger charge is 2.23. The molecule has 0 aliphatic carbocycles. The molecular formula is C15H22BrN3O. The first-order valence-corrected chi connectivity index (χ1v) is 7.83. The molecular weight excluding hydrogens is 318 g/mol. The van der Waals surface area contributed by atoms with Crippen molar-refractivity contribution in [1.82, 2.24) is 9.80 Å². The maximum atomic E-state index is 12.5. The van der Waals surface area contributed by atoms with Gasteiger partial charge < -0.3 is 10.6 Å². The lowest BCUT2D eigenvalue weighted by Gasteiger charge is -2.35. The lowest BCUT2D eigenvalue weighted by Crippen LogP contribution is -2.49. The molecule has 0 saturated carbocycles. The number of anilines is 1. The smallest absolute Gasteiger partial charge is 0.256 e. The monoisotopic (exact) mass is 339 g/mol. The van der Waals surface area contributed by atoms with Crippen LogP contribution in [0.4, 0.5) is 5.69 Å². The van der Waals surface area contributed by atoms with Gasteiger partial charge >= 0.3 is 0 Å². The van der Waals surface area contributed by atoms with Crippen LogP contribution >= 0.6 is 15.9 Å². The minimum absolute atomic E-state index is 0.0409. The Morgan fingerprint density at radius 2 is 1.95 bits per heavy atom. The van der Waals surface area contributed by atoms with Gasteiger partial charge in [-0.3, -0.25) is 9.69 Å². The van der Waals surface area contributed by atoms with Crippen molar-refractivity contribution in [3.05, 3.63) is 28.2 Å². The summed E-state index contributed by atoms with van der Waals surface area (Å²) in [6.07, 6.45) is 0. The molecule has 0 unspecified atom stereocenters. The van der Waals surface area contributed by atoms with Crippen LogP contribution in [0.2, 0.25) is 0 Å². The van der Waals surface area contributed by atoms with Gasteiger partial charge in [-0.25, -0.2) is 0 Å². The first kappa shape index (κ1) is 15.3. The molecule has 2 rings (SSSR count). The van der Waals surface area contributed by atoms with E-state index in [1.54, 1.807) is 12.1 Å². The highest BCUT2D eigenvalue weighted by Crippen LogP contribution is 2.20. The highest BCUT2D eigenvalue weighted by molar-refractivity contribution is 9.10. The van der Waals surface area contributed by atoms with E-state index in [-0.39, 0.29) is 5.91 Å². The number of hydrogen-bond acceptors (Lipinski definition) is 3. The Hall–Kier alpha value is -1.07. The molecule has 20 heavy (non-hydrogen) atoms. The van der Waals surface area contributed by atoms with E-state index in [0.29, 0.717) is 17.2 Å². The molecule has 1 aliphatic rings. The van der Waals surface area contributed by atoms with Crippen molar-refractivity contribution in [3.63, 3.8) is 0 Å². The predicted molar refractivity (Wildman–Crippen MR) is 85.7 cm³/mol. The van der Waals surface area contributed by atoms with Crippen LogP contribution in [0.1, 0.15) is 24.2 Å². The number of nitrogens with zero attached hydrogens (tertiary/aromatic N) is 2. The fraction of sp³-hybridized carbons (Fsp3) is 0.533. The van der Waals surface area contributed by atoms with Crippen LogP contribution in [0.5, 0.6) is 0 Å². The minimum Gasteiger partial charge on any atom is -0.398 e. The maximum Gasteiger partial charge on any atom is 0.256 e. The molecule has 0 spiro atoms. The van der Waals surface area contributed by atoms with Gasteiger partial charge in [0.1, 0.15) is 0 Å². The summed E-state index contributed by atoms with van der Waals surface area (Å²) in [7, 11) is 0. The van der Waals surface area contributed by atoms with Gasteiger partial charge in [-0.1, -0.05) is 29.8 Å². The summed E-state index contributed by atoms with van der Waals surface area (Å²) >= 11 is 3.36. The average Bonchev–Trinajstić information content (AvgIpc) is 2.38. The van der Waals surface area contributed by atoms with Gasteiger partial charge in [-0.05, 0) is 24.1 Å². The van der Waals surface area contributed by atoms with E-state index in [1.165, 1.54) is 0 Å². The number of halogens is 1. The third-order valence-corrected chi connectivity index (χ3v) is 4.02. The normalized spacial score (nSPS) is 16.7. The third kappa shape index (κ3) is 3.73. The van der Waals surface area contributed by atoms with E-state index in [1.807, 2.05) is 11.0 Å². The summed E-state index contributed by atoms with van der Waals surface area (Å²) in [6, 6.07) is 5.43. The number of nitrogen functional groups attached to an aromatic ring is 1. The summed E-state index contributed by atoms with van der Waals surface area (Å²) in [5.41, 5.74) is 7.07. The Morgan fingerprint density at radius 1 is 1.30 bits per heavy atom. The minimum atomic E-state index is 0.0409. The Morgan fingerprint density at radius 3 is 2.50 bits per heavy atom. The van der Waals surface area contributed by atoms with E-state index in [4.69, 9.17) is 5.73 Å². The van der Waals surface area contributed by atoms with Gasteiger partial charge in [0.15, 0.2) is 0 Å². The molecule has 110 valence electrons. The first-order chi connectivity index (χ1) is 9.47. The molecule has 1 heterocycles. The number of rotatable bonds is 3. The molecule has 0 atom stereocenters. The van der Waals surface area contributed by atoms with Gasteiger partial charge in [0.2, 0.25) is 0 Å². The number of nitrogens with two attached hydrogens (primary N) is 1. The van der Waals surface area contributed by atoms with Crippen LogP contribution < -0.4 is 5.73 Å². The molecule has 0 bridgehead atoms. The summed E-state index contributed by atoms with van der Waals surface area (Å²) < 4.78 is 0.897.